The second kappa shape index (κ2) is 8.24. The van der Waals surface area contributed by atoms with Gasteiger partial charge in [0.1, 0.15) is 18.3 Å². The summed E-state index contributed by atoms with van der Waals surface area (Å²) in [5.74, 6) is -1.19. The van der Waals surface area contributed by atoms with Crippen molar-refractivity contribution in [3.63, 3.8) is 0 Å². The lowest BCUT2D eigenvalue weighted by atomic mass is 10.1. The number of carbonyl (C=O) groups excluding carboxylic acids is 1. The quantitative estimate of drug-likeness (QED) is 0.436. The average Bonchev–Trinajstić information content (AvgIpc) is 2.90. The van der Waals surface area contributed by atoms with Gasteiger partial charge in [-0.1, -0.05) is 36.4 Å². The Bertz CT molecular complexity index is 579. The number of ether oxygens (including phenoxy) is 4. The Kier molecular flexibility index (Phi) is 6.31. The maximum Gasteiger partial charge on any atom is 0.330 e. The van der Waals surface area contributed by atoms with Gasteiger partial charge in [0.05, 0.1) is 13.7 Å². The monoisotopic (exact) mass is 332 g/mol. The van der Waals surface area contributed by atoms with Gasteiger partial charge in [0, 0.05) is 6.08 Å². The van der Waals surface area contributed by atoms with Gasteiger partial charge >= 0.3 is 5.97 Å². The summed E-state index contributed by atoms with van der Waals surface area (Å²) < 4.78 is 22.4. The van der Waals surface area contributed by atoms with E-state index in [0.29, 0.717) is 6.61 Å². The molecule has 0 unspecified atom stereocenters. The fraction of sp³-hybridized carbons (Fsp3) is 0.421. The largest absolute Gasteiger partial charge is 0.466 e. The molecule has 1 heterocycles. The summed E-state index contributed by atoms with van der Waals surface area (Å²) in [6, 6.07) is 9.79. The van der Waals surface area contributed by atoms with Crippen LogP contribution in [0, 0.1) is 0 Å². The summed E-state index contributed by atoms with van der Waals surface area (Å²) >= 11 is 0. The highest BCUT2D eigenvalue weighted by atomic mass is 16.8. The summed E-state index contributed by atoms with van der Waals surface area (Å²) in [4.78, 5) is 11.4. The molecule has 1 aliphatic rings. The molecule has 0 N–H and O–H groups in total. The first kappa shape index (κ1) is 18.4. The van der Waals surface area contributed by atoms with Crippen molar-refractivity contribution in [2.45, 2.75) is 44.6 Å². The minimum Gasteiger partial charge on any atom is -0.466 e. The highest BCUT2D eigenvalue weighted by Gasteiger charge is 2.43. The molecule has 3 atom stereocenters. The van der Waals surface area contributed by atoms with E-state index in [4.69, 9.17) is 14.2 Å². The third-order valence-corrected chi connectivity index (χ3v) is 3.63. The molecule has 5 nitrogen and oxygen atoms in total. The SMILES string of the molecule is C=C[C@@H]1OC(C)(C)O[C@@H]1[C@H](/C=C/C(=O)OC)OCc1ccccc1. The van der Waals surface area contributed by atoms with Crippen LogP contribution >= 0.6 is 0 Å². The molecule has 0 spiro atoms. The number of hydrogen-bond donors (Lipinski definition) is 0. The van der Waals surface area contributed by atoms with Crippen LogP contribution in [0.5, 0.6) is 0 Å². The topological polar surface area (TPSA) is 54.0 Å². The van der Waals surface area contributed by atoms with E-state index in [2.05, 4.69) is 11.3 Å². The second-order valence-electron chi connectivity index (χ2n) is 5.94. The van der Waals surface area contributed by atoms with Gasteiger partial charge < -0.3 is 18.9 Å². The molecule has 0 aromatic heterocycles. The molecular weight excluding hydrogens is 308 g/mol. The van der Waals surface area contributed by atoms with Gasteiger partial charge in [-0.3, -0.25) is 0 Å². The lowest BCUT2D eigenvalue weighted by Crippen LogP contribution is -2.35. The van der Waals surface area contributed by atoms with E-state index in [9.17, 15) is 4.79 Å². The molecule has 0 bridgehead atoms. The van der Waals surface area contributed by atoms with Crippen LogP contribution in [0.2, 0.25) is 0 Å². The smallest absolute Gasteiger partial charge is 0.330 e. The molecule has 2 rings (SSSR count). The molecular formula is C19H24O5. The number of hydrogen-bond acceptors (Lipinski definition) is 5. The first-order chi connectivity index (χ1) is 11.4. The molecule has 1 aromatic rings. The van der Waals surface area contributed by atoms with Gasteiger partial charge in [0.15, 0.2) is 5.79 Å². The van der Waals surface area contributed by atoms with Gasteiger partial charge in [-0.25, -0.2) is 4.79 Å². The zero-order chi connectivity index (χ0) is 17.6. The fourth-order valence-electron chi connectivity index (χ4n) is 2.52. The van der Waals surface area contributed by atoms with Crippen LogP contribution in [0.25, 0.3) is 0 Å². The molecule has 130 valence electrons. The first-order valence-corrected chi connectivity index (χ1v) is 7.85. The minimum atomic E-state index is -0.739. The second-order valence-corrected chi connectivity index (χ2v) is 5.94. The number of benzene rings is 1. The highest BCUT2D eigenvalue weighted by Crippen LogP contribution is 2.32. The summed E-state index contributed by atoms with van der Waals surface area (Å²) in [5, 5.41) is 0. The molecule has 1 aliphatic heterocycles. The van der Waals surface area contributed by atoms with Crippen molar-refractivity contribution < 1.29 is 23.7 Å². The lowest BCUT2D eigenvalue weighted by molar-refractivity contribution is -0.154. The van der Waals surface area contributed by atoms with Gasteiger partial charge in [-0.05, 0) is 25.5 Å². The normalized spacial score (nSPS) is 24.0. The van der Waals surface area contributed by atoms with Gasteiger partial charge in [0.25, 0.3) is 0 Å². The Morgan fingerprint density at radius 3 is 2.67 bits per heavy atom. The Morgan fingerprint density at radius 1 is 1.33 bits per heavy atom. The number of esters is 1. The van der Waals surface area contributed by atoms with Gasteiger partial charge in [-0.2, -0.15) is 0 Å². The molecule has 0 amide bonds. The molecule has 0 aliphatic carbocycles. The number of methoxy groups -OCH3 is 1. The average molecular weight is 332 g/mol. The molecule has 0 saturated carbocycles. The van der Waals surface area contributed by atoms with Crippen molar-refractivity contribution in [1.29, 1.82) is 0 Å². The molecule has 1 fully saturated rings. The molecule has 1 aromatic carbocycles. The van der Waals surface area contributed by atoms with E-state index in [0.717, 1.165) is 5.56 Å². The lowest BCUT2D eigenvalue weighted by Gasteiger charge is -2.23. The Morgan fingerprint density at radius 2 is 2.04 bits per heavy atom. The summed E-state index contributed by atoms with van der Waals surface area (Å²) in [6.07, 6.45) is 3.45. The van der Waals surface area contributed by atoms with Gasteiger partial charge in [0.2, 0.25) is 0 Å². The Labute approximate surface area is 142 Å². The molecule has 0 radical (unpaired) electrons. The van der Waals surface area contributed by atoms with Crippen molar-refractivity contribution in [1.82, 2.24) is 0 Å². The van der Waals surface area contributed by atoms with Crippen LogP contribution in [-0.4, -0.2) is 37.2 Å². The van der Waals surface area contributed by atoms with E-state index in [1.54, 1.807) is 12.2 Å². The number of carbonyl (C=O) groups is 1. The maximum absolute atomic E-state index is 11.4. The van der Waals surface area contributed by atoms with E-state index in [1.165, 1.54) is 13.2 Å². The van der Waals surface area contributed by atoms with Crippen molar-refractivity contribution in [2.75, 3.05) is 7.11 Å². The Balaban J connectivity index is 2.14. The molecule has 24 heavy (non-hydrogen) atoms. The zero-order valence-corrected chi connectivity index (χ0v) is 14.3. The van der Waals surface area contributed by atoms with E-state index in [1.807, 2.05) is 44.2 Å². The third-order valence-electron chi connectivity index (χ3n) is 3.63. The summed E-state index contributed by atoms with van der Waals surface area (Å²) in [5.41, 5.74) is 1.03. The van der Waals surface area contributed by atoms with Crippen LogP contribution in [-0.2, 0) is 30.3 Å². The van der Waals surface area contributed by atoms with Crippen molar-refractivity contribution >= 4 is 5.97 Å². The molecule has 1 saturated heterocycles. The van der Waals surface area contributed by atoms with Crippen molar-refractivity contribution in [2.24, 2.45) is 0 Å². The summed E-state index contributed by atoms with van der Waals surface area (Å²) in [7, 11) is 1.33. The van der Waals surface area contributed by atoms with Crippen LogP contribution in [0.15, 0.2) is 55.1 Å². The molecule has 5 heteroatoms. The first-order valence-electron chi connectivity index (χ1n) is 7.85. The van der Waals surface area contributed by atoms with Crippen LogP contribution in [0.1, 0.15) is 19.4 Å². The minimum absolute atomic E-state index is 0.330. The van der Waals surface area contributed by atoms with Crippen molar-refractivity contribution in [3.05, 3.63) is 60.7 Å². The Hall–Kier alpha value is -1.95. The highest BCUT2D eigenvalue weighted by molar-refractivity contribution is 5.81. The van der Waals surface area contributed by atoms with Gasteiger partial charge in [-0.15, -0.1) is 6.58 Å². The fourth-order valence-corrected chi connectivity index (χ4v) is 2.52. The summed E-state index contributed by atoms with van der Waals surface area (Å²) in [6.45, 7) is 7.85. The van der Waals surface area contributed by atoms with E-state index < -0.39 is 24.0 Å². The van der Waals surface area contributed by atoms with E-state index in [-0.39, 0.29) is 6.10 Å². The maximum atomic E-state index is 11.4. The standard InChI is InChI=1S/C19H24O5/c1-5-15-18(24-19(2,3)23-15)16(11-12-17(20)21-4)22-13-14-9-7-6-8-10-14/h5-12,15-16,18H,1,13H2,2-4H3/b12-11+/t15-,16-,18-/m0/s1. The number of rotatable bonds is 7. The van der Waals surface area contributed by atoms with E-state index >= 15 is 0 Å². The zero-order valence-electron chi connectivity index (χ0n) is 14.3. The predicted molar refractivity (Wildman–Crippen MR) is 90.2 cm³/mol. The predicted octanol–water partition coefficient (Wildman–Crippen LogP) is 3.01. The third kappa shape index (κ3) is 5.03. The van der Waals surface area contributed by atoms with Crippen molar-refractivity contribution in [3.8, 4) is 0 Å². The van der Waals surface area contributed by atoms with Crippen LogP contribution in [0.4, 0.5) is 0 Å². The van der Waals surface area contributed by atoms with Crippen LogP contribution in [0.3, 0.4) is 0 Å². The van der Waals surface area contributed by atoms with Crippen LogP contribution < -0.4 is 0 Å².